The van der Waals surface area contributed by atoms with Gasteiger partial charge in [-0.05, 0) is 36.2 Å². The summed E-state index contributed by atoms with van der Waals surface area (Å²) in [5, 5.41) is 9.33. The maximum Gasteiger partial charge on any atom is 0.573 e. The number of aromatic hydroxyl groups is 1. The molecule has 0 bridgehead atoms. The molecule has 0 aliphatic heterocycles. The molecule has 0 saturated heterocycles. The van der Waals surface area contributed by atoms with Crippen molar-refractivity contribution in [2.45, 2.75) is 13.3 Å². The summed E-state index contributed by atoms with van der Waals surface area (Å²) >= 11 is 0. The van der Waals surface area contributed by atoms with Crippen molar-refractivity contribution in [2.24, 2.45) is 0 Å². The van der Waals surface area contributed by atoms with Gasteiger partial charge in [-0.25, -0.2) is 0 Å². The number of para-hydroxylation sites is 1. The molecule has 2 rings (SSSR count). The van der Waals surface area contributed by atoms with E-state index >= 15 is 0 Å². The molecule has 0 aromatic heterocycles. The van der Waals surface area contributed by atoms with Gasteiger partial charge in [0.05, 0.1) is 0 Å². The molecule has 0 aliphatic rings. The quantitative estimate of drug-likeness (QED) is 0.881. The first-order valence-corrected chi connectivity index (χ1v) is 5.51. The van der Waals surface area contributed by atoms with Crippen molar-refractivity contribution in [3.05, 3.63) is 48.0 Å². The van der Waals surface area contributed by atoms with Crippen LogP contribution in [0.25, 0.3) is 11.1 Å². The number of aryl methyl sites for hydroxylation is 1. The van der Waals surface area contributed by atoms with Gasteiger partial charge in [-0.15, -0.1) is 13.2 Å². The number of hydrogen-bond acceptors (Lipinski definition) is 2. The van der Waals surface area contributed by atoms with E-state index in [1.807, 2.05) is 0 Å². The van der Waals surface area contributed by atoms with Gasteiger partial charge in [0, 0.05) is 5.56 Å². The Morgan fingerprint density at radius 1 is 1.00 bits per heavy atom. The number of rotatable bonds is 2. The van der Waals surface area contributed by atoms with Gasteiger partial charge in [-0.1, -0.05) is 24.3 Å². The maximum atomic E-state index is 12.3. The zero-order valence-electron chi connectivity index (χ0n) is 10.0. The van der Waals surface area contributed by atoms with Crippen LogP contribution in [-0.2, 0) is 0 Å². The maximum absolute atomic E-state index is 12.3. The number of ether oxygens (including phenoxy) is 1. The van der Waals surface area contributed by atoms with E-state index in [2.05, 4.69) is 4.74 Å². The molecule has 1 N–H and O–H groups in total. The first-order chi connectivity index (χ1) is 8.87. The lowest BCUT2D eigenvalue weighted by Crippen LogP contribution is -2.17. The first-order valence-electron chi connectivity index (χ1n) is 5.51. The Kier molecular flexibility index (Phi) is 3.38. The largest absolute Gasteiger partial charge is 0.573 e. The van der Waals surface area contributed by atoms with Crippen LogP contribution in [-0.4, -0.2) is 11.5 Å². The second kappa shape index (κ2) is 4.84. The van der Waals surface area contributed by atoms with Crippen molar-refractivity contribution in [3.8, 4) is 22.6 Å². The van der Waals surface area contributed by atoms with Crippen LogP contribution in [0.4, 0.5) is 13.2 Å². The number of phenolic OH excluding ortho intramolecular Hbond substituents is 1. The Labute approximate surface area is 108 Å². The molecule has 0 fully saturated rings. The van der Waals surface area contributed by atoms with E-state index in [0.29, 0.717) is 16.7 Å². The summed E-state index contributed by atoms with van der Waals surface area (Å²) in [6.45, 7) is 1.71. The Bertz CT molecular complexity index is 591. The zero-order valence-corrected chi connectivity index (χ0v) is 10.0. The van der Waals surface area contributed by atoms with Crippen LogP contribution in [0.3, 0.4) is 0 Å². The monoisotopic (exact) mass is 268 g/mol. The van der Waals surface area contributed by atoms with Crippen molar-refractivity contribution < 1.29 is 23.0 Å². The summed E-state index contributed by atoms with van der Waals surface area (Å²) in [4.78, 5) is 0. The second-order valence-corrected chi connectivity index (χ2v) is 4.04. The molecule has 0 heterocycles. The smallest absolute Gasteiger partial charge is 0.508 e. The minimum Gasteiger partial charge on any atom is -0.508 e. The molecule has 5 heteroatoms. The molecule has 100 valence electrons. The summed E-state index contributed by atoms with van der Waals surface area (Å²) in [6, 6.07) is 10.4. The average molecular weight is 268 g/mol. The van der Waals surface area contributed by atoms with Gasteiger partial charge in [-0.2, -0.15) is 0 Å². The number of alkyl halides is 3. The fourth-order valence-corrected chi connectivity index (χ4v) is 1.85. The van der Waals surface area contributed by atoms with E-state index in [1.165, 1.54) is 24.3 Å². The molecule has 0 aliphatic carbocycles. The molecule has 0 amide bonds. The van der Waals surface area contributed by atoms with E-state index in [-0.39, 0.29) is 11.5 Å². The zero-order chi connectivity index (χ0) is 14.0. The van der Waals surface area contributed by atoms with E-state index < -0.39 is 6.36 Å². The van der Waals surface area contributed by atoms with Crippen molar-refractivity contribution in [2.75, 3.05) is 0 Å². The Balaban J connectivity index is 2.50. The van der Waals surface area contributed by atoms with Gasteiger partial charge >= 0.3 is 6.36 Å². The normalized spacial score (nSPS) is 11.4. The van der Waals surface area contributed by atoms with Crippen LogP contribution in [0.1, 0.15) is 5.56 Å². The second-order valence-electron chi connectivity index (χ2n) is 4.04. The highest BCUT2D eigenvalue weighted by molar-refractivity contribution is 5.73. The minimum atomic E-state index is -4.74. The number of benzene rings is 2. The third-order valence-corrected chi connectivity index (χ3v) is 2.61. The predicted molar refractivity (Wildman–Crippen MR) is 65.0 cm³/mol. The highest BCUT2D eigenvalue weighted by Gasteiger charge is 2.32. The summed E-state index contributed by atoms with van der Waals surface area (Å²) in [5.74, 6) is -0.195. The van der Waals surface area contributed by atoms with Gasteiger partial charge in [0.25, 0.3) is 0 Å². The molecule has 2 nitrogen and oxygen atoms in total. The standard InChI is InChI=1S/C14H11F3O2/c1-9-8-10(18)6-7-11(9)12-4-2-3-5-13(12)19-14(15,16)17/h2-8,18H,1H3. The van der Waals surface area contributed by atoms with Gasteiger partial charge in [-0.3, -0.25) is 0 Å². The lowest BCUT2D eigenvalue weighted by Gasteiger charge is -2.14. The summed E-state index contributed by atoms with van der Waals surface area (Å²) in [5.41, 5.74) is 1.58. The molecule has 0 unspecified atom stereocenters. The highest BCUT2D eigenvalue weighted by atomic mass is 19.4. The van der Waals surface area contributed by atoms with E-state index in [1.54, 1.807) is 25.1 Å². The molecule has 19 heavy (non-hydrogen) atoms. The first kappa shape index (κ1) is 13.3. The van der Waals surface area contributed by atoms with Crippen LogP contribution < -0.4 is 4.74 Å². The third kappa shape index (κ3) is 3.19. The van der Waals surface area contributed by atoms with Gasteiger partial charge in [0.2, 0.25) is 0 Å². The Morgan fingerprint density at radius 2 is 1.68 bits per heavy atom. The minimum absolute atomic E-state index is 0.0653. The third-order valence-electron chi connectivity index (χ3n) is 2.61. The summed E-state index contributed by atoms with van der Waals surface area (Å²) in [7, 11) is 0. The van der Waals surface area contributed by atoms with E-state index in [4.69, 9.17) is 0 Å². The fraction of sp³-hybridized carbons (Fsp3) is 0.143. The van der Waals surface area contributed by atoms with Gasteiger partial charge in [0.15, 0.2) is 0 Å². The summed E-state index contributed by atoms with van der Waals surface area (Å²) < 4.78 is 41.0. The van der Waals surface area contributed by atoms with Crippen LogP contribution in [0.5, 0.6) is 11.5 Å². The van der Waals surface area contributed by atoms with Gasteiger partial charge in [0.1, 0.15) is 11.5 Å². The molecule has 0 saturated carbocycles. The van der Waals surface area contributed by atoms with E-state index in [9.17, 15) is 18.3 Å². The van der Waals surface area contributed by atoms with Gasteiger partial charge < -0.3 is 9.84 Å². The van der Waals surface area contributed by atoms with E-state index in [0.717, 1.165) is 0 Å². The number of hydrogen-bond donors (Lipinski definition) is 1. The molecule has 2 aromatic carbocycles. The Hall–Kier alpha value is -2.17. The van der Waals surface area contributed by atoms with Crippen LogP contribution >= 0.6 is 0 Å². The van der Waals surface area contributed by atoms with Crippen LogP contribution in [0, 0.1) is 6.92 Å². The highest BCUT2D eigenvalue weighted by Crippen LogP contribution is 2.36. The average Bonchev–Trinajstić information content (AvgIpc) is 2.28. The van der Waals surface area contributed by atoms with Crippen molar-refractivity contribution in [1.82, 2.24) is 0 Å². The molecule has 0 spiro atoms. The predicted octanol–water partition coefficient (Wildman–Crippen LogP) is 4.27. The Morgan fingerprint density at radius 3 is 2.32 bits per heavy atom. The lowest BCUT2D eigenvalue weighted by molar-refractivity contribution is -0.274. The van der Waals surface area contributed by atoms with Crippen molar-refractivity contribution in [3.63, 3.8) is 0 Å². The SMILES string of the molecule is Cc1cc(O)ccc1-c1ccccc1OC(F)(F)F. The molecule has 0 radical (unpaired) electrons. The molecular weight excluding hydrogens is 257 g/mol. The van der Waals surface area contributed by atoms with Crippen LogP contribution in [0.15, 0.2) is 42.5 Å². The molecular formula is C14H11F3O2. The molecule has 0 atom stereocenters. The summed E-state index contributed by atoms with van der Waals surface area (Å²) in [6.07, 6.45) is -4.74. The van der Waals surface area contributed by atoms with Crippen molar-refractivity contribution in [1.29, 1.82) is 0 Å². The van der Waals surface area contributed by atoms with Crippen molar-refractivity contribution >= 4 is 0 Å². The molecule has 2 aromatic rings. The fourth-order valence-electron chi connectivity index (χ4n) is 1.85. The topological polar surface area (TPSA) is 29.5 Å². The lowest BCUT2D eigenvalue weighted by atomic mass is 9.99. The number of halogens is 3. The van der Waals surface area contributed by atoms with Crippen LogP contribution in [0.2, 0.25) is 0 Å². The number of phenols is 1.